The lowest BCUT2D eigenvalue weighted by atomic mass is 9.83. The van der Waals surface area contributed by atoms with E-state index in [1.165, 1.54) is 40.0 Å². The van der Waals surface area contributed by atoms with Crippen LogP contribution >= 0.6 is 0 Å². The van der Waals surface area contributed by atoms with Gasteiger partial charge in [-0.1, -0.05) is 71.4 Å². The van der Waals surface area contributed by atoms with Crippen molar-refractivity contribution < 1.29 is 117 Å². The number of ether oxygens (including phenoxy) is 9. The highest BCUT2D eigenvalue weighted by molar-refractivity contribution is 5.98. The average Bonchev–Trinajstić information content (AvgIpc) is 1.76. The summed E-state index contributed by atoms with van der Waals surface area (Å²) in [7, 11) is 7.44. The summed E-state index contributed by atoms with van der Waals surface area (Å²) in [6.07, 6.45) is 9.35. The minimum absolute atomic E-state index is 0.0463. The maximum atomic E-state index is 10.5. The van der Waals surface area contributed by atoms with E-state index in [1.54, 1.807) is 96.8 Å². The number of carbonyl (C=O) groups excluding carboxylic acids is 6. The van der Waals surface area contributed by atoms with Crippen LogP contribution in [0.25, 0.3) is 0 Å². The van der Waals surface area contributed by atoms with Crippen LogP contribution in [-0.2, 0) is 87.6 Å². The molecule has 3 fully saturated rings. The van der Waals surface area contributed by atoms with Crippen molar-refractivity contribution in [2.75, 3.05) is 102 Å². The van der Waals surface area contributed by atoms with Gasteiger partial charge < -0.3 is 88.0 Å². The Morgan fingerprint density at radius 1 is 0.644 bits per heavy atom. The molecule has 7 N–H and O–H groups in total. The highest BCUT2D eigenvalue weighted by Gasteiger charge is 2.42. The van der Waals surface area contributed by atoms with E-state index in [-0.39, 0.29) is 61.3 Å². The SMILES string of the molecule is C1CCOC1.CC#N.CC(=O)CC(C)C.CC(C)O.CCC(C)=O.CCC(CC)(C(=O)O)C(=O)O.CCOC(=O)C(C)O.CO.COCC(C)O.COCC(C)OC(C)=O.COCCOCCOC.O=C1CCCCC1.O=C1CCCO1.OCc1ccccc1. The largest absolute Gasteiger partial charge is 0.480 e. The molecule has 25 nitrogen and oxygen atoms in total. The second-order valence-corrected chi connectivity index (χ2v) is 19.7. The Hall–Kier alpha value is -5.37. The molecule has 0 amide bonds. The van der Waals surface area contributed by atoms with Crippen molar-refractivity contribution in [2.45, 2.75) is 218 Å². The smallest absolute Gasteiger partial charge is 0.334 e. The molecule has 4 rings (SSSR count). The molecular weight excluding hydrogens is 1180 g/mol. The molecule has 2 heterocycles. The van der Waals surface area contributed by atoms with Gasteiger partial charge in [-0.25, -0.2) is 4.79 Å². The van der Waals surface area contributed by atoms with Gasteiger partial charge in [-0.2, -0.15) is 5.26 Å². The number of hydrogen-bond acceptors (Lipinski definition) is 23. The summed E-state index contributed by atoms with van der Waals surface area (Å²) >= 11 is 0. The van der Waals surface area contributed by atoms with Crippen molar-refractivity contribution in [1.82, 2.24) is 0 Å². The summed E-state index contributed by atoms with van der Waals surface area (Å²) in [5.74, 6) is -1.85. The van der Waals surface area contributed by atoms with Crippen molar-refractivity contribution in [1.29, 1.82) is 5.26 Å². The number of methoxy groups -OCH3 is 4. The lowest BCUT2D eigenvalue weighted by Crippen LogP contribution is -2.38. The zero-order valence-electron chi connectivity index (χ0n) is 58.8. The zero-order chi connectivity index (χ0) is 72.2. The van der Waals surface area contributed by atoms with Crippen LogP contribution < -0.4 is 0 Å². The number of nitriles is 1. The number of carbonyl (C=O) groups is 8. The molecule has 3 atom stereocenters. The number of cyclic esters (lactones) is 1. The van der Waals surface area contributed by atoms with E-state index in [0.717, 1.165) is 64.4 Å². The molecule has 0 aromatic heterocycles. The molecule has 0 radical (unpaired) electrons. The van der Waals surface area contributed by atoms with Gasteiger partial charge in [0.25, 0.3) is 0 Å². The van der Waals surface area contributed by atoms with Crippen molar-refractivity contribution in [2.24, 2.45) is 11.3 Å². The molecule has 1 aromatic rings. The molecule has 1 aliphatic carbocycles. The van der Waals surface area contributed by atoms with Crippen molar-refractivity contribution >= 4 is 47.2 Å². The summed E-state index contributed by atoms with van der Waals surface area (Å²) in [5, 5.41) is 65.0. The number of esters is 3. The molecule has 90 heavy (non-hydrogen) atoms. The molecule has 2 saturated heterocycles. The third-order valence-corrected chi connectivity index (χ3v) is 9.94. The monoisotopic (exact) mass is 1300 g/mol. The Labute approximate surface area is 540 Å². The number of Topliss-reactive ketones (excluding diaryl/α,β-unsaturated/α-hetero) is 3. The first-order valence-corrected chi connectivity index (χ1v) is 30.3. The van der Waals surface area contributed by atoms with E-state index in [9.17, 15) is 38.4 Å². The van der Waals surface area contributed by atoms with Crippen LogP contribution in [-0.4, -0.2) is 209 Å². The van der Waals surface area contributed by atoms with Gasteiger partial charge in [0.1, 0.15) is 29.6 Å². The molecule has 534 valence electrons. The Morgan fingerprint density at radius 2 is 1.08 bits per heavy atom. The predicted molar refractivity (Wildman–Crippen MR) is 346 cm³/mol. The summed E-state index contributed by atoms with van der Waals surface area (Å²) in [6.45, 7) is 31.7. The normalized spacial score (nSPS) is 12.8. The van der Waals surface area contributed by atoms with Gasteiger partial charge in [0.15, 0.2) is 5.41 Å². The van der Waals surface area contributed by atoms with E-state index in [2.05, 4.69) is 14.2 Å². The van der Waals surface area contributed by atoms with Crippen molar-refractivity contribution in [3.8, 4) is 6.07 Å². The molecule has 2 aliphatic heterocycles. The molecule has 1 saturated carbocycles. The minimum atomic E-state index is -1.58. The molecule has 1 aromatic carbocycles. The first-order valence-electron chi connectivity index (χ1n) is 30.3. The fourth-order valence-electron chi connectivity index (χ4n) is 5.48. The highest BCUT2D eigenvalue weighted by Crippen LogP contribution is 2.26. The fraction of sp³-hybridized carbons (Fsp3) is 0.769. The molecular formula is C65H125NO24. The predicted octanol–water partition coefficient (Wildman–Crippen LogP) is 8.74. The first-order chi connectivity index (χ1) is 42.3. The Kier molecular flexibility index (Phi) is 101. The quantitative estimate of drug-likeness (QED) is 0.0262. The van der Waals surface area contributed by atoms with Crippen LogP contribution in [0.1, 0.15) is 193 Å². The molecule has 3 aliphatic rings. The van der Waals surface area contributed by atoms with Gasteiger partial charge in [-0.05, 0) is 112 Å². The number of carboxylic acid groups (broad SMARTS) is 2. The first kappa shape index (κ1) is 106. The maximum Gasteiger partial charge on any atom is 0.334 e. The summed E-state index contributed by atoms with van der Waals surface area (Å²) in [5.41, 5.74) is -0.618. The molecule has 25 heteroatoms. The van der Waals surface area contributed by atoms with Crippen molar-refractivity contribution in [3.63, 3.8) is 0 Å². The Balaban J connectivity index is -0.0000000970. The molecule has 0 bridgehead atoms. The Morgan fingerprint density at radius 3 is 1.23 bits per heavy atom. The topological polar surface area (TPSA) is 385 Å². The van der Waals surface area contributed by atoms with Crippen LogP contribution in [0.4, 0.5) is 0 Å². The van der Waals surface area contributed by atoms with Gasteiger partial charge in [0.05, 0.1) is 71.6 Å². The second kappa shape index (κ2) is 85.7. The van der Waals surface area contributed by atoms with Crippen LogP contribution in [0.3, 0.4) is 0 Å². The standard InChI is InChI=1S/C7H12O4.C7H8O.C6H14O3.C6H12O3.C6H10O.C6H12O.C5H10O3.C4H6O2.C4H10O2.2C4H8O.C3H8O.C2H3N.CH4O/c1-3-7(4-2,5(8)9)6(10)11;8-6-7-4-2-1-3-5-7;1-7-3-5-9-6-4-8-2;1-5(4-8-3)9-6(2)7;7-6-4-2-1-3-5-6;1-5(2)4-6(3)7;1-3-8-5(7)4(2)6;5-4-2-1-3-6-4;1-4(5)3-6-2;1-2-4-5-3-1;1-3-4(2)5;1-3(2)4;1-2-3;1-2/h3-4H2,1-2H3,(H,8,9)(H,10,11);1-5,8H,6H2;3-6H2,1-2H3;5H,4H2,1-3H3;1-5H2;5H,4H2,1-3H3;4,6H,3H2,1-2H3;1-3H2;4-5H,3H2,1-2H3;1-4H2;3H2,1-2H3;3-4H,1-2H3;1H3;2H,1H3. The lowest BCUT2D eigenvalue weighted by molar-refractivity contribution is -0.165. The fourth-order valence-corrected chi connectivity index (χ4v) is 5.48. The van der Waals surface area contributed by atoms with Crippen molar-refractivity contribution in [3.05, 3.63) is 35.9 Å². The van der Waals surface area contributed by atoms with Crippen LogP contribution in [0.2, 0.25) is 0 Å². The van der Waals surface area contributed by atoms with Gasteiger partial charge in [0, 0.05) is 101 Å². The van der Waals surface area contributed by atoms with Gasteiger partial charge in [-0.15, -0.1) is 0 Å². The highest BCUT2D eigenvalue weighted by atomic mass is 16.6. The van der Waals surface area contributed by atoms with Gasteiger partial charge in [-0.3, -0.25) is 24.0 Å². The number of rotatable bonds is 21. The van der Waals surface area contributed by atoms with Crippen LogP contribution in [0, 0.1) is 22.7 Å². The average molecular weight is 1300 g/mol. The summed E-state index contributed by atoms with van der Waals surface area (Å²) in [4.78, 5) is 82.2. The second-order valence-electron chi connectivity index (χ2n) is 19.7. The van der Waals surface area contributed by atoms with Gasteiger partial charge in [0.2, 0.25) is 0 Å². The number of carboxylic acids is 2. The van der Waals surface area contributed by atoms with Crippen LogP contribution in [0.5, 0.6) is 0 Å². The Bertz CT molecular complexity index is 1720. The number of aliphatic hydroxyl groups is 5. The number of aliphatic carboxylic acids is 2. The number of aliphatic hydroxyl groups excluding tert-OH is 5. The number of ketones is 3. The van der Waals surface area contributed by atoms with E-state index < -0.39 is 29.4 Å². The number of hydrogen-bond donors (Lipinski definition) is 7. The van der Waals surface area contributed by atoms with Crippen LogP contribution in [0.15, 0.2) is 30.3 Å². The number of nitrogens with zero attached hydrogens (tertiary/aromatic N) is 1. The van der Waals surface area contributed by atoms with Gasteiger partial charge >= 0.3 is 29.8 Å². The molecule has 0 spiro atoms. The van der Waals surface area contributed by atoms with E-state index in [0.29, 0.717) is 77.4 Å². The lowest BCUT2D eigenvalue weighted by Gasteiger charge is -2.20. The summed E-state index contributed by atoms with van der Waals surface area (Å²) < 4.78 is 42.5. The third kappa shape index (κ3) is 107. The maximum absolute atomic E-state index is 10.5. The molecule has 3 unspecified atom stereocenters. The number of benzene rings is 1. The zero-order valence-corrected chi connectivity index (χ0v) is 58.8. The summed E-state index contributed by atoms with van der Waals surface area (Å²) in [6, 6.07) is 11.3. The third-order valence-electron chi connectivity index (χ3n) is 9.94. The van der Waals surface area contributed by atoms with E-state index >= 15 is 0 Å². The minimum Gasteiger partial charge on any atom is -0.480 e. The van der Waals surface area contributed by atoms with E-state index in [1.807, 2.05) is 51.1 Å². The van der Waals surface area contributed by atoms with E-state index in [4.69, 9.17) is 69.4 Å².